The molecular formula is C56H64N2. The van der Waals surface area contributed by atoms with E-state index in [1.165, 1.54) is 100 Å². The van der Waals surface area contributed by atoms with Gasteiger partial charge in [-0.05, 0) is 182 Å². The summed E-state index contributed by atoms with van der Waals surface area (Å²) in [5.74, 6) is 0. The molecule has 7 rings (SSSR count). The van der Waals surface area contributed by atoms with E-state index in [1.807, 2.05) is 0 Å². The number of anilines is 6. The molecule has 7 aromatic carbocycles. The van der Waals surface area contributed by atoms with Crippen LogP contribution in [0.15, 0.2) is 121 Å². The fraction of sp³-hybridized carbons (Fsp3) is 0.321. The lowest BCUT2D eigenvalue weighted by Crippen LogP contribution is -2.20. The van der Waals surface area contributed by atoms with Crippen molar-refractivity contribution in [1.82, 2.24) is 0 Å². The van der Waals surface area contributed by atoms with Crippen molar-refractivity contribution in [3.05, 3.63) is 166 Å². The molecule has 0 fully saturated rings. The summed E-state index contributed by atoms with van der Waals surface area (Å²) in [6, 6.07) is 46.6. The van der Waals surface area contributed by atoms with E-state index in [1.54, 1.807) is 0 Å². The van der Waals surface area contributed by atoms with Gasteiger partial charge >= 0.3 is 0 Å². The SMILES string of the molecule is CCC(C)(CC)c1ccc(N(c2ccc3c(ccc4cc(N(c5ccc(C(C)(CC)CC)cc5)c5c(C)cc(C)cc5C)ccc43)c2)c2c(C)cc(C)cc2C)cc1. The van der Waals surface area contributed by atoms with Crippen LogP contribution in [-0.2, 0) is 10.8 Å². The van der Waals surface area contributed by atoms with Crippen LogP contribution in [0.25, 0.3) is 21.5 Å². The maximum absolute atomic E-state index is 2.47. The quantitative estimate of drug-likeness (QED) is 0.114. The molecule has 0 unspecified atom stereocenters. The van der Waals surface area contributed by atoms with Crippen LogP contribution in [0.2, 0.25) is 0 Å². The molecule has 0 aliphatic heterocycles. The fourth-order valence-corrected chi connectivity index (χ4v) is 9.53. The third-order valence-corrected chi connectivity index (χ3v) is 13.8. The third kappa shape index (κ3) is 7.43. The van der Waals surface area contributed by atoms with Gasteiger partial charge in [0.2, 0.25) is 0 Å². The van der Waals surface area contributed by atoms with Crippen molar-refractivity contribution in [2.45, 2.75) is 120 Å². The molecule has 0 saturated carbocycles. The normalized spacial score (nSPS) is 12.1. The molecule has 0 heterocycles. The van der Waals surface area contributed by atoms with Gasteiger partial charge in [-0.2, -0.15) is 0 Å². The van der Waals surface area contributed by atoms with Crippen LogP contribution in [-0.4, -0.2) is 0 Å². The summed E-state index contributed by atoms with van der Waals surface area (Å²) in [6.07, 6.45) is 4.49. The average Bonchev–Trinajstić information content (AvgIpc) is 3.22. The van der Waals surface area contributed by atoms with Gasteiger partial charge in [0.25, 0.3) is 0 Å². The lowest BCUT2D eigenvalue weighted by molar-refractivity contribution is 0.439. The molecule has 58 heavy (non-hydrogen) atoms. The monoisotopic (exact) mass is 765 g/mol. The molecule has 0 amide bonds. The molecule has 0 radical (unpaired) electrons. The number of aryl methyl sites for hydroxylation is 6. The Morgan fingerprint density at radius 3 is 0.948 bits per heavy atom. The maximum atomic E-state index is 2.47. The Kier molecular flexibility index (Phi) is 11.4. The van der Waals surface area contributed by atoms with Crippen LogP contribution in [0.3, 0.4) is 0 Å². The molecule has 0 spiro atoms. The Morgan fingerprint density at radius 2 is 0.655 bits per heavy atom. The van der Waals surface area contributed by atoms with Gasteiger partial charge in [0, 0.05) is 22.7 Å². The van der Waals surface area contributed by atoms with E-state index in [0.717, 1.165) is 25.7 Å². The van der Waals surface area contributed by atoms with E-state index < -0.39 is 0 Å². The fourth-order valence-electron chi connectivity index (χ4n) is 9.53. The van der Waals surface area contributed by atoms with Crippen molar-refractivity contribution in [3.8, 4) is 0 Å². The lowest BCUT2D eigenvalue weighted by Gasteiger charge is -2.31. The van der Waals surface area contributed by atoms with E-state index in [2.05, 4.69) is 214 Å². The van der Waals surface area contributed by atoms with Gasteiger partial charge in [-0.1, -0.05) is 125 Å². The zero-order valence-corrected chi connectivity index (χ0v) is 37.3. The summed E-state index contributed by atoms with van der Waals surface area (Å²) in [4.78, 5) is 4.93. The largest absolute Gasteiger partial charge is 0.310 e. The summed E-state index contributed by atoms with van der Waals surface area (Å²) < 4.78 is 0. The van der Waals surface area contributed by atoms with Crippen LogP contribution < -0.4 is 9.80 Å². The van der Waals surface area contributed by atoms with Crippen LogP contribution in [0.5, 0.6) is 0 Å². The second-order valence-electron chi connectivity index (χ2n) is 17.7. The predicted octanol–water partition coefficient (Wildman–Crippen LogP) is 16.9. The predicted molar refractivity (Wildman–Crippen MR) is 255 cm³/mol. The molecule has 0 bridgehead atoms. The molecular weight excluding hydrogens is 701 g/mol. The van der Waals surface area contributed by atoms with Gasteiger partial charge in [-0.3, -0.25) is 0 Å². The van der Waals surface area contributed by atoms with Gasteiger partial charge in [0.15, 0.2) is 0 Å². The van der Waals surface area contributed by atoms with Crippen LogP contribution in [0.1, 0.15) is 112 Å². The first-order valence-corrected chi connectivity index (χ1v) is 21.7. The average molecular weight is 765 g/mol. The number of hydrogen-bond acceptors (Lipinski definition) is 2. The van der Waals surface area contributed by atoms with Gasteiger partial charge < -0.3 is 9.80 Å². The highest BCUT2D eigenvalue weighted by Crippen LogP contribution is 2.45. The first kappa shape index (κ1) is 40.8. The van der Waals surface area contributed by atoms with E-state index in [0.29, 0.717) is 0 Å². The smallest absolute Gasteiger partial charge is 0.0520 e. The Balaban J connectivity index is 1.34. The highest BCUT2D eigenvalue weighted by molar-refractivity contribution is 6.10. The van der Waals surface area contributed by atoms with E-state index in [-0.39, 0.29) is 10.8 Å². The summed E-state index contributed by atoms with van der Waals surface area (Å²) in [6.45, 7) is 27.4. The number of benzene rings is 7. The van der Waals surface area contributed by atoms with Crippen molar-refractivity contribution in [3.63, 3.8) is 0 Å². The molecule has 2 heteroatoms. The number of hydrogen-bond donors (Lipinski definition) is 0. The molecule has 0 aliphatic carbocycles. The van der Waals surface area contributed by atoms with Gasteiger partial charge in [-0.25, -0.2) is 0 Å². The molecule has 7 aromatic rings. The molecule has 0 N–H and O–H groups in total. The summed E-state index contributed by atoms with van der Waals surface area (Å²) in [7, 11) is 0. The van der Waals surface area contributed by atoms with Crippen molar-refractivity contribution >= 4 is 55.7 Å². The van der Waals surface area contributed by atoms with Gasteiger partial charge in [0.1, 0.15) is 0 Å². The van der Waals surface area contributed by atoms with Gasteiger partial charge in [0.05, 0.1) is 11.4 Å². The molecule has 0 aromatic heterocycles. The summed E-state index contributed by atoms with van der Waals surface area (Å²) in [5.41, 5.74) is 18.1. The second-order valence-corrected chi connectivity index (χ2v) is 17.7. The van der Waals surface area contributed by atoms with Crippen LogP contribution in [0.4, 0.5) is 34.1 Å². The van der Waals surface area contributed by atoms with Crippen molar-refractivity contribution < 1.29 is 0 Å². The Morgan fingerprint density at radius 1 is 0.362 bits per heavy atom. The van der Waals surface area contributed by atoms with E-state index in [4.69, 9.17) is 0 Å². The minimum Gasteiger partial charge on any atom is -0.310 e. The zero-order chi connectivity index (χ0) is 41.5. The minimum atomic E-state index is 0.174. The van der Waals surface area contributed by atoms with Gasteiger partial charge in [-0.15, -0.1) is 0 Å². The molecule has 0 aliphatic rings. The first-order valence-electron chi connectivity index (χ1n) is 21.7. The first-order chi connectivity index (χ1) is 27.7. The minimum absolute atomic E-state index is 0.174. The lowest BCUT2D eigenvalue weighted by atomic mass is 9.78. The number of nitrogens with zero attached hydrogens (tertiary/aromatic N) is 2. The standard InChI is InChI=1S/C56H64N2/c1-13-55(11,14-2)45-19-23-47(24-20-45)57(53-39(7)31-37(5)32-40(53)8)49-27-29-51-43(35-49)17-18-44-36-50(28-30-52(44)51)58(54-41(9)33-38(6)34-42(54)10)48-25-21-46(22-26-48)56(12,15-3)16-4/h17-36H,13-16H2,1-12H3. The van der Waals surface area contributed by atoms with Crippen LogP contribution >= 0.6 is 0 Å². The highest BCUT2D eigenvalue weighted by Gasteiger charge is 2.26. The molecule has 0 atom stereocenters. The van der Waals surface area contributed by atoms with E-state index >= 15 is 0 Å². The zero-order valence-electron chi connectivity index (χ0n) is 37.3. The number of fused-ring (bicyclic) bond motifs is 3. The highest BCUT2D eigenvalue weighted by atomic mass is 15.2. The number of rotatable bonds is 12. The second kappa shape index (κ2) is 16.1. The third-order valence-electron chi connectivity index (χ3n) is 13.8. The van der Waals surface area contributed by atoms with Crippen molar-refractivity contribution in [1.29, 1.82) is 0 Å². The summed E-state index contributed by atoms with van der Waals surface area (Å²) >= 11 is 0. The van der Waals surface area contributed by atoms with Crippen molar-refractivity contribution in [2.24, 2.45) is 0 Å². The maximum Gasteiger partial charge on any atom is 0.0520 e. The van der Waals surface area contributed by atoms with Crippen molar-refractivity contribution in [2.75, 3.05) is 9.80 Å². The Hall–Kier alpha value is -5.34. The Bertz CT molecular complexity index is 2360. The molecule has 298 valence electrons. The van der Waals surface area contributed by atoms with Crippen LogP contribution in [0, 0.1) is 41.5 Å². The Labute approximate surface area is 349 Å². The topological polar surface area (TPSA) is 6.48 Å². The van der Waals surface area contributed by atoms with E-state index in [9.17, 15) is 0 Å². The summed E-state index contributed by atoms with van der Waals surface area (Å²) in [5, 5.41) is 5.00. The molecule has 2 nitrogen and oxygen atoms in total. The molecule has 0 saturated heterocycles.